The van der Waals surface area contributed by atoms with E-state index in [1.54, 1.807) is 6.07 Å². The molecular weight excluding hydrogens is 214 g/mol. The van der Waals surface area contributed by atoms with Gasteiger partial charge >= 0.3 is 0 Å². The fraction of sp³-hybridized carbons (Fsp3) is 0. The fourth-order valence-electron chi connectivity index (χ4n) is 0.566. The van der Waals surface area contributed by atoms with Crippen molar-refractivity contribution >= 4 is 33.1 Å². The van der Waals surface area contributed by atoms with Crippen molar-refractivity contribution < 1.29 is 4.21 Å². The minimum Gasteiger partial charge on any atom is -0.191 e. The van der Waals surface area contributed by atoms with Gasteiger partial charge in [0.05, 0.1) is 5.69 Å². The lowest BCUT2D eigenvalue weighted by molar-refractivity contribution is 0.698. The zero-order valence-corrected chi connectivity index (χ0v) is 7.35. The van der Waals surface area contributed by atoms with Gasteiger partial charge < -0.3 is 0 Å². The van der Waals surface area contributed by atoms with Crippen molar-refractivity contribution in [2.24, 2.45) is 4.36 Å². The second kappa shape index (κ2) is 3.63. The number of rotatable bonds is 1. The molecule has 0 spiro atoms. The van der Waals surface area contributed by atoms with Gasteiger partial charge in [0, 0.05) is 4.47 Å². The molecule has 0 fully saturated rings. The SMILES string of the molecule is O=S=Nc1ccccc1Br. The van der Waals surface area contributed by atoms with E-state index in [9.17, 15) is 4.21 Å². The Morgan fingerprint density at radius 3 is 2.70 bits per heavy atom. The Kier molecular flexibility index (Phi) is 2.77. The third-order valence-corrected chi connectivity index (χ3v) is 1.93. The molecule has 0 N–H and O–H groups in total. The molecule has 0 aliphatic heterocycles. The zero-order valence-electron chi connectivity index (χ0n) is 4.95. The van der Waals surface area contributed by atoms with Gasteiger partial charge in [-0.25, -0.2) is 0 Å². The first kappa shape index (κ1) is 7.63. The van der Waals surface area contributed by atoms with E-state index in [-0.39, 0.29) is 11.5 Å². The van der Waals surface area contributed by atoms with Crippen LogP contribution in [-0.4, -0.2) is 4.21 Å². The van der Waals surface area contributed by atoms with E-state index < -0.39 is 0 Å². The summed E-state index contributed by atoms with van der Waals surface area (Å²) in [5.41, 5.74) is 0.683. The van der Waals surface area contributed by atoms with Crippen LogP contribution < -0.4 is 0 Å². The number of nitrogens with zero attached hydrogens (tertiary/aromatic N) is 1. The van der Waals surface area contributed by atoms with Crippen LogP contribution >= 0.6 is 15.9 Å². The molecule has 0 heterocycles. The van der Waals surface area contributed by atoms with Gasteiger partial charge in [0.15, 0.2) is 0 Å². The predicted molar refractivity (Wildman–Crippen MR) is 44.4 cm³/mol. The Morgan fingerprint density at radius 1 is 1.40 bits per heavy atom. The van der Waals surface area contributed by atoms with Crippen molar-refractivity contribution in [3.05, 3.63) is 28.7 Å². The van der Waals surface area contributed by atoms with Crippen LogP contribution in [0.25, 0.3) is 0 Å². The van der Waals surface area contributed by atoms with Gasteiger partial charge in [-0.1, -0.05) is 12.1 Å². The minimum atomic E-state index is 0.214. The topological polar surface area (TPSA) is 29.4 Å². The van der Waals surface area contributed by atoms with Crippen LogP contribution in [0, 0.1) is 0 Å². The van der Waals surface area contributed by atoms with E-state index in [1.165, 1.54) is 0 Å². The molecule has 0 aliphatic carbocycles. The standard InChI is InChI=1S/C6H4BrNOS/c7-5-3-1-2-4-6(5)8-10-9/h1-4H. The van der Waals surface area contributed by atoms with Crippen LogP contribution in [0.1, 0.15) is 0 Å². The van der Waals surface area contributed by atoms with Gasteiger partial charge in [-0.2, -0.15) is 8.57 Å². The molecule has 0 saturated carbocycles. The summed E-state index contributed by atoms with van der Waals surface area (Å²) >= 11 is 3.47. The molecule has 52 valence electrons. The maximum atomic E-state index is 9.98. The third-order valence-electron chi connectivity index (χ3n) is 0.988. The Bertz CT molecular complexity index is 283. The number of benzene rings is 1. The predicted octanol–water partition coefficient (Wildman–Crippen LogP) is 2.48. The van der Waals surface area contributed by atoms with Crippen LogP contribution in [0.4, 0.5) is 5.69 Å². The van der Waals surface area contributed by atoms with Gasteiger partial charge in [-0.3, -0.25) is 0 Å². The average molecular weight is 218 g/mol. The Hall–Kier alpha value is -0.480. The first-order valence-corrected chi connectivity index (χ1v) is 4.08. The molecule has 1 aromatic carbocycles. The van der Waals surface area contributed by atoms with Crippen LogP contribution in [0.2, 0.25) is 0 Å². The lowest BCUT2D eigenvalue weighted by Crippen LogP contribution is -1.64. The van der Waals surface area contributed by atoms with Crippen LogP contribution in [-0.2, 0) is 11.5 Å². The molecule has 2 nitrogen and oxygen atoms in total. The first-order chi connectivity index (χ1) is 4.84. The molecule has 0 bridgehead atoms. The summed E-state index contributed by atoms with van der Waals surface area (Å²) in [5.74, 6) is 0. The number of hydrogen-bond acceptors (Lipinski definition) is 2. The Morgan fingerprint density at radius 2 is 2.10 bits per heavy atom. The van der Waals surface area contributed by atoms with E-state index in [1.807, 2.05) is 18.2 Å². The maximum absolute atomic E-state index is 9.98. The Labute approximate surface area is 70.6 Å². The van der Waals surface area contributed by atoms with Crippen LogP contribution in [0.3, 0.4) is 0 Å². The highest BCUT2D eigenvalue weighted by Gasteiger charge is 1.92. The fourth-order valence-corrected chi connectivity index (χ4v) is 1.30. The summed E-state index contributed by atoms with van der Waals surface area (Å²) in [6.07, 6.45) is 0. The highest BCUT2D eigenvalue weighted by Crippen LogP contribution is 2.23. The molecule has 0 saturated heterocycles. The molecular formula is C6H4BrNOS. The van der Waals surface area contributed by atoms with Gasteiger partial charge in [-0.15, -0.1) is 0 Å². The van der Waals surface area contributed by atoms with E-state index in [4.69, 9.17) is 0 Å². The van der Waals surface area contributed by atoms with E-state index in [2.05, 4.69) is 20.3 Å². The van der Waals surface area contributed by atoms with Crippen molar-refractivity contribution in [1.29, 1.82) is 0 Å². The molecule has 0 aromatic heterocycles. The summed E-state index contributed by atoms with van der Waals surface area (Å²) in [6, 6.07) is 7.32. The van der Waals surface area contributed by atoms with E-state index >= 15 is 0 Å². The largest absolute Gasteiger partial charge is 0.205 e. The van der Waals surface area contributed by atoms with Crippen LogP contribution in [0.5, 0.6) is 0 Å². The van der Waals surface area contributed by atoms with Gasteiger partial charge in [0.2, 0.25) is 11.5 Å². The minimum absolute atomic E-state index is 0.214. The van der Waals surface area contributed by atoms with Crippen molar-refractivity contribution in [2.75, 3.05) is 0 Å². The lowest BCUT2D eigenvalue weighted by atomic mass is 10.3. The third kappa shape index (κ3) is 1.75. The highest BCUT2D eigenvalue weighted by molar-refractivity contribution is 9.10. The van der Waals surface area contributed by atoms with E-state index in [0.29, 0.717) is 5.69 Å². The second-order valence-corrected chi connectivity index (χ2v) is 2.80. The molecule has 1 rings (SSSR count). The van der Waals surface area contributed by atoms with Gasteiger partial charge in [-0.05, 0) is 28.1 Å². The number of halogens is 1. The van der Waals surface area contributed by atoms with Crippen molar-refractivity contribution in [2.45, 2.75) is 0 Å². The molecule has 10 heavy (non-hydrogen) atoms. The molecule has 0 amide bonds. The molecule has 0 radical (unpaired) electrons. The van der Waals surface area contributed by atoms with E-state index in [0.717, 1.165) is 4.47 Å². The molecule has 0 aliphatic rings. The Balaban J connectivity index is 3.14. The number of hydrogen-bond donors (Lipinski definition) is 0. The summed E-state index contributed by atoms with van der Waals surface area (Å²) in [7, 11) is 0. The molecule has 0 unspecified atom stereocenters. The smallest absolute Gasteiger partial charge is 0.191 e. The summed E-state index contributed by atoms with van der Waals surface area (Å²) in [4.78, 5) is 0. The van der Waals surface area contributed by atoms with Crippen molar-refractivity contribution in [3.63, 3.8) is 0 Å². The highest BCUT2D eigenvalue weighted by atomic mass is 79.9. The average Bonchev–Trinajstić information content (AvgIpc) is 1.94. The second-order valence-electron chi connectivity index (χ2n) is 1.62. The summed E-state index contributed by atoms with van der Waals surface area (Å²) in [5, 5.41) is 0. The van der Waals surface area contributed by atoms with Gasteiger partial charge in [0.25, 0.3) is 0 Å². The van der Waals surface area contributed by atoms with Crippen LogP contribution in [0.15, 0.2) is 33.1 Å². The zero-order chi connectivity index (χ0) is 7.40. The van der Waals surface area contributed by atoms with Crippen molar-refractivity contribution in [1.82, 2.24) is 0 Å². The van der Waals surface area contributed by atoms with Gasteiger partial charge in [0.1, 0.15) is 0 Å². The normalized spacial score (nSPS) is 8.90. The summed E-state index contributed by atoms with van der Waals surface area (Å²) < 4.78 is 14.4. The van der Waals surface area contributed by atoms with Crippen molar-refractivity contribution in [3.8, 4) is 0 Å². The molecule has 1 aromatic rings. The molecule has 0 atom stereocenters. The first-order valence-electron chi connectivity index (χ1n) is 2.59. The maximum Gasteiger partial charge on any atom is 0.205 e. The quantitative estimate of drug-likeness (QED) is 0.711. The lowest BCUT2D eigenvalue weighted by Gasteiger charge is -1.90. The monoisotopic (exact) mass is 217 g/mol. The molecule has 4 heteroatoms. The summed E-state index contributed by atoms with van der Waals surface area (Å²) in [6.45, 7) is 0.